The number of pyridine rings is 2. The summed E-state index contributed by atoms with van der Waals surface area (Å²) in [5, 5.41) is 13.8. The monoisotopic (exact) mass is 392 g/mol. The second kappa shape index (κ2) is 6.54. The zero-order valence-corrected chi connectivity index (χ0v) is 14.3. The SMILES string of the molecule is Nc1cc(SCc2cn(-c3cccnc3)nc2C(F)(F)F)c2nn[nH]c2n1. The first-order valence-corrected chi connectivity index (χ1v) is 8.56. The number of fused-ring (bicyclic) bond motifs is 1. The highest BCUT2D eigenvalue weighted by Gasteiger charge is 2.37. The van der Waals surface area contributed by atoms with Crippen LogP contribution in [0, 0.1) is 0 Å². The number of nitrogens with zero attached hydrogens (tertiary/aromatic N) is 6. The summed E-state index contributed by atoms with van der Waals surface area (Å²) in [5.41, 5.74) is 6.07. The first-order chi connectivity index (χ1) is 12.9. The summed E-state index contributed by atoms with van der Waals surface area (Å²) in [5.74, 6) is 0.235. The number of nitrogen functional groups attached to an aromatic ring is 1. The van der Waals surface area contributed by atoms with Crippen LogP contribution in [0.15, 0.2) is 41.7 Å². The van der Waals surface area contributed by atoms with E-state index >= 15 is 0 Å². The number of thioether (sulfide) groups is 1. The molecule has 0 atom stereocenters. The first-order valence-electron chi connectivity index (χ1n) is 7.58. The number of halogens is 3. The molecule has 4 aromatic rings. The Morgan fingerprint density at radius 1 is 1.30 bits per heavy atom. The summed E-state index contributed by atoms with van der Waals surface area (Å²) in [7, 11) is 0. The van der Waals surface area contributed by atoms with Gasteiger partial charge in [0.25, 0.3) is 0 Å². The van der Waals surface area contributed by atoms with Gasteiger partial charge in [-0.2, -0.15) is 18.3 Å². The minimum atomic E-state index is -4.58. The van der Waals surface area contributed by atoms with Crippen LogP contribution in [0.3, 0.4) is 0 Å². The quantitative estimate of drug-likeness (QED) is 0.514. The van der Waals surface area contributed by atoms with Crippen molar-refractivity contribution in [3.8, 4) is 5.69 Å². The molecule has 0 amide bonds. The Morgan fingerprint density at radius 2 is 2.15 bits per heavy atom. The molecule has 3 N–H and O–H groups in total. The molecule has 4 rings (SSSR count). The predicted octanol–water partition coefficient (Wildman–Crippen LogP) is 2.83. The van der Waals surface area contributed by atoms with E-state index in [1.807, 2.05) is 0 Å². The van der Waals surface area contributed by atoms with Crippen molar-refractivity contribution in [1.29, 1.82) is 0 Å². The lowest BCUT2D eigenvalue weighted by Gasteiger charge is -2.06. The van der Waals surface area contributed by atoms with Gasteiger partial charge in [0.05, 0.1) is 11.9 Å². The van der Waals surface area contributed by atoms with Gasteiger partial charge in [0, 0.05) is 28.6 Å². The number of hydrogen-bond donors (Lipinski definition) is 2. The second-order valence-electron chi connectivity index (χ2n) is 5.50. The van der Waals surface area contributed by atoms with E-state index in [1.165, 1.54) is 18.6 Å². The van der Waals surface area contributed by atoms with E-state index in [0.717, 1.165) is 16.4 Å². The van der Waals surface area contributed by atoms with Gasteiger partial charge in [-0.05, 0) is 18.2 Å². The summed E-state index contributed by atoms with van der Waals surface area (Å²) < 4.78 is 41.4. The number of hydrogen-bond acceptors (Lipinski definition) is 7. The van der Waals surface area contributed by atoms with Gasteiger partial charge in [-0.25, -0.2) is 14.8 Å². The molecule has 0 saturated heterocycles. The fourth-order valence-corrected chi connectivity index (χ4v) is 3.47. The Bertz CT molecular complexity index is 1090. The number of nitrogens with two attached hydrogens (primary N) is 1. The Balaban J connectivity index is 1.68. The smallest absolute Gasteiger partial charge is 0.384 e. The number of alkyl halides is 3. The van der Waals surface area contributed by atoms with Crippen LogP contribution in [0.2, 0.25) is 0 Å². The molecule has 27 heavy (non-hydrogen) atoms. The van der Waals surface area contributed by atoms with Crippen LogP contribution in [0.25, 0.3) is 16.9 Å². The van der Waals surface area contributed by atoms with Gasteiger partial charge < -0.3 is 5.73 Å². The number of aromatic amines is 1. The van der Waals surface area contributed by atoms with Crippen LogP contribution in [0.1, 0.15) is 11.3 Å². The van der Waals surface area contributed by atoms with Crippen molar-refractivity contribution < 1.29 is 13.2 Å². The molecular weight excluding hydrogens is 381 g/mol. The molecule has 138 valence electrons. The van der Waals surface area contributed by atoms with Crippen LogP contribution in [-0.4, -0.2) is 35.2 Å². The van der Waals surface area contributed by atoms with Gasteiger partial charge in [0.2, 0.25) is 0 Å². The summed E-state index contributed by atoms with van der Waals surface area (Å²) in [6, 6.07) is 4.80. The van der Waals surface area contributed by atoms with E-state index in [4.69, 9.17) is 5.73 Å². The minimum Gasteiger partial charge on any atom is -0.384 e. The molecule has 8 nitrogen and oxygen atoms in total. The number of rotatable bonds is 4. The van der Waals surface area contributed by atoms with Crippen molar-refractivity contribution in [1.82, 2.24) is 35.2 Å². The van der Waals surface area contributed by atoms with Gasteiger partial charge >= 0.3 is 6.18 Å². The van der Waals surface area contributed by atoms with Crippen LogP contribution < -0.4 is 5.73 Å². The number of aromatic nitrogens is 7. The molecule has 0 radical (unpaired) electrons. The van der Waals surface area contributed by atoms with E-state index < -0.39 is 11.9 Å². The summed E-state index contributed by atoms with van der Waals surface area (Å²) >= 11 is 1.15. The molecule has 12 heteroatoms. The van der Waals surface area contributed by atoms with E-state index in [1.54, 1.807) is 18.2 Å². The minimum absolute atomic E-state index is 0.0144. The molecule has 0 aromatic carbocycles. The molecule has 0 saturated carbocycles. The van der Waals surface area contributed by atoms with Crippen molar-refractivity contribution in [2.75, 3.05) is 5.73 Å². The molecular formula is C15H11F3N8S. The topological polar surface area (TPSA) is 111 Å². The molecule has 4 aromatic heterocycles. The van der Waals surface area contributed by atoms with Crippen molar-refractivity contribution >= 4 is 28.7 Å². The van der Waals surface area contributed by atoms with Gasteiger partial charge in [-0.1, -0.05) is 5.21 Å². The number of H-pyrrole nitrogens is 1. The lowest BCUT2D eigenvalue weighted by atomic mass is 10.3. The van der Waals surface area contributed by atoms with Gasteiger partial charge in [0.15, 0.2) is 11.3 Å². The van der Waals surface area contributed by atoms with Gasteiger partial charge in [-0.3, -0.25) is 4.98 Å². The second-order valence-corrected chi connectivity index (χ2v) is 6.52. The summed E-state index contributed by atoms with van der Waals surface area (Å²) in [4.78, 5) is 8.52. The Hall–Kier alpha value is -3.15. The van der Waals surface area contributed by atoms with E-state index in [2.05, 4.69) is 30.5 Å². The molecule has 0 spiro atoms. The highest BCUT2D eigenvalue weighted by atomic mass is 32.2. The van der Waals surface area contributed by atoms with Gasteiger partial charge in [0.1, 0.15) is 11.3 Å². The Morgan fingerprint density at radius 3 is 2.89 bits per heavy atom. The average Bonchev–Trinajstić information content (AvgIpc) is 3.27. The maximum atomic E-state index is 13.4. The van der Waals surface area contributed by atoms with Gasteiger partial charge in [-0.15, -0.1) is 16.9 Å². The summed E-state index contributed by atoms with van der Waals surface area (Å²) in [6.07, 6.45) is -0.265. The van der Waals surface area contributed by atoms with Crippen LogP contribution >= 0.6 is 11.8 Å². The van der Waals surface area contributed by atoms with E-state index in [-0.39, 0.29) is 17.1 Å². The predicted molar refractivity (Wildman–Crippen MR) is 92.0 cm³/mol. The third-order valence-electron chi connectivity index (χ3n) is 3.64. The molecule has 0 aliphatic carbocycles. The molecule has 0 aliphatic rings. The molecule has 0 fully saturated rings. The lowest BCUT2D eigenvalue weighted by Crippen LogP contribution is -2.09. The van der Waals surface area contributed by atoms with Crippen molar-refractivity contribution in [2.24, 2.45) is 0 Å². The van der Waals surface area contributed by atoms with E-state index in [9.17, 15) is 13.2 Å². The molecule has 4 heterocycles. The number of anilines is 1. The van der Waals surface area contributed by atoms with Crippen LogP contribution in [0.5, 0.6) is 0 Å². The van der Waals surface area contributed by atoms with E-state index in [0.29, 0.717) is 21.7 Å². The van der Waals surface area contributed by atoms with Crippen LogP contribution in [0.4, 0.5) is 19.0 Å². The Kier molecular flexibility index (Phi) is 4.18. The third-order valence-corrected chi connectivity index (χ3v) is 4.71. The zero-order chi connectivity index (χ0) is 19.0. The largest absolute Gasteiger partial charge is 0.435 e. The zero-order valence-electron chi connectivity index (χ0n) is 13.5. The fourth-order valence-electron chi connectivity index (χ4n) is 2.47. The van der Waals surface area contributed by atoms with Crippen LogP contribution in [-0.2, 0) is 11.9 Å². The fraction of sp³-hybridized carbons (Fsp3) is 0.133. The summed E-state index contributed by atoms with van der Waals surface area (Å²) in [6.45, 7) is 0. The number of nitrogens with one attached hydrogen (secondary N) is 1. The molecule has 0 bridgehead atoms. The Labute approximate surface area is 154 Å². The van der Waals surface area contributed by atoms with Crippen molar-refractivity contribution in [3.05, 3.63) is 48.0 Å². The van der Waals surface area contributed by atoms with Crippen molar-refractivity contribution in [3.63, 3.8) is 0 Å². The maximum Gasteiger partial charge on any atom is 0.435 e. The third kappa shape index (κ3) is 3.43. The lowest BCUT2D eigenvalue weighted by molar-refractivity contribution is -0.141. The highest BCUT2D eigenvalue weighted by Crippen LogP contribution is 2.35. The molecule has 0 unspecified atom stereocenters. The standard InChI is InChI=1S/C15H11F3N8S/c16-15(17,18)13-8(6-26(24-13)9-2-1-3-20-5-9)7-27-10-4-11(19)21-14-12(10)22-25-23-14/h1-6H,7H2,(H3,19,21,22,23,25). The first kappa shape index (κ1) is 17.3. The normalized spacial score (nSPS) is 12.0. The maximum absolute atomic E-state index is 13.4. The molecule has 0 aliphatic heterocycles. The highest BCUT2D eigenvalue weighted by molar-refractivity contribution is 7.98. The van der Waals surface area contributed by atoms with Crippen molar-refractivity contribution in [2.45, 2.75) is 16.8 Å². The average molecular weight is 392 g/mol.